The molecular formula is C20H16N2O4. The van der Waals surface area contributed by atoms with Crippen LogP contribution in [-0.4, -0.2) is 27.7 Å². The van der Waals surface area contributed by atoms with Crippen molar-refractivity contribution in [3.63, 3.8) is 0 Å². The van der Waals surface area contributed by atoms with E-state index in [0.717, 1.165) is 16.9 Å². The number of aromatic carboxylic acids is 1. The molecule has 0 spiro atoms. The fourth-order valence-electron chi connectivity index (χ4n) is 3.26. The molecule has 6 nitrogen and oxygen atoms in total. The molecule has 26 heavy (non-hydrogen) atoms. The fraction of sp³-hybridized carbons (Fsp3) is 0.150. The van der Waals surface area contributed by atoms with Crippen LogP contribution >= 0.6 is 0 Å². The maximum atomic E-state index is 12.8. The van der Waals surface area contributed by atoms with Crippen molar-refractivity contribution in [3.8, 4) is 5.75 Å². The number of aromatic nitrogens is 2. The summed E-state index contributed by atoms with van der Waals surface area (Å²) in [7, 11) is 1.62. The number of nitrogens with zero attached hydrogens (tertiary/aromatic N) is 2. The van der Waals surface area contributed by atoms with Crippen LogP contribution in [0.2, 0.25) is 0 Å². The van der Waals surface area contributed by atoms with E-state index in [2.05, 4.69) is 4.98 Å². The number of fused-ring (bicyclic) bond motifs is 2. The van der Waals surface area contributed by atoms with Crippen molar-refractivity contribution in [2.45, 2.75) is 13.0 Å². The molecule has 4 rings (SSSR count). The third kappa shape index (κ3) is 2.56. The number of carboxylic acids is 1. The van der Waals surface area contributed by atoms with E-state index in [-0.39, 0.29) is 11.1 Å². The molecule has 0 fully saturated rings. The highest BCUT2D eigenvalue weighted by atomic mass is 16.5. The van der Waals surface area contributed by atoms with Crippen molar-refractivity contribution >= 4 is 28.5 Å². The highest BCUT2D eigenvalue weighted by Gasteiger charge is 2.21. The van der Waals surface area contributed by atoms with Gasteiger partial charge in [0.05, 0.1) is 23.6 Å². The summed E-state index contributed by atoms with van der Waals surface area (Å²) in [6, 6.07) is 12.1. The molecule has 0 amide bonds. The second kappa shape index (κ2) is 6.15. The van der Waals surface area contributed by atoms with Gasteiger partial charge in [0.1, 0.15) is 11.6 Å². The van der Waals surface area contributed by atoms with Crippen molar-refractivity contribution in [2.75, 3.05) is 7.11 Å². The molecule has 0 atom stereocenters. The van der Waals surface area contributed by atoms with Crippen molar-refractivity contribution in [1.82, 2.24) is 9.55 Å². The van der Waals surface area contributed by atoms with Crippen LogP contribution < -0.4 is 10.3 Å². The zero-order chi connectivity index (χ0) is 18.3. The number of ether oxygens (including phenoxy) is 1. The number of allylic oxidation sites excluding steroid dienone is 1. The summed E-state index contributed by atoms with van der Waals surface area (Å²) in [5.74, 6) is 0.317. The molecule has 0 bridgehead atoms. The van der Waals surface area contributed by atoms with E-state index in [9.17, 15) is 9.59 Å². The standard InChI is InChI=1S/C20H16N2O4/c1-26-17-5-3-2-4-12(17)10-13-8-9-22-18(13)21-16-7-6-14(20(24)25)11-15(16)19(22)23/h2-7,10-11H,8-9H2,1H3,(H,24,25)/b13-10+. The zero-order valence-electron chi connectivity index (χ0n) is 14.1. The van der Waals surface area contributed by atoms with Gasteiger partial charge in [-0.1, -0.05) is 18.2 Å². The lowest BCUT2D eigenvalue weighted by Crippen LogP contribution is -2.21. The van der Waals surface area contributed by atoms with E-state index in [0.29, 0.717) is 29.7 Å². The van der Waals surface area contributed by atoms with Crippen LogP contribution in [0.4, 0.5) is 0 Å². The van der Waals surface area contributed by atoms with Gasteiger partial charge in [-0.2, -0.15) is 0 Å². The molecular weight excluding hydrogens is 332 g/mol. The first-order chi connectivity index (χ1) is 12.6. The number of hydrogen-bond donors (Lipinski definition) is 1. The molecule has 2 heterocycles. The highest BCUT2D eigenvalue weighted by molar-refractivity contribution is 5.93. The zero-order valence-corrected chi connectivity index (χ0v) is 14.1. The lowest BCUT2D eigenvalue weighted by molar-refractivity contribution is 0.0697. The number of benzene rings is 2. The van der Waals surface area contributed by atoms with Gasteiger partial charge in [0.15, 0.2) is 0 Å². The average molecular weight is 348 g/mol. The monoisotopic (exact) mass is 348 g/mol. The minimum Gasteiger partial charge on any atom is -0.496 e. The first-order valence-corrected chi connectivity index (χ1v) is 8.20. The molecule has 0 saturated carbocycles. The van der Waals surface area contributed by atoms with Crippen molar-refractivity contribution in [3.05, 3.63) is 69.8 Å². The molecule has 0 radical (unpaired) electrons. The fourth-order valence-corrected chi connectivity index (χ4v) is 3.26. The number of carboxylic acid groups (broad SMARTS) is 1. The normalized spacial score (nSPS) is 14.6. The molecule has 1 aliphatic rings. The summed E-state index contributed by atoms with van der Waals surface area (Å²) < 4.78 is 6.99. The Morgan fingerprint density at radius 1 is 1.27 bits per heavy atom. The maximum Gasteiger partial charge on any atom is 0.335 e. The number of hydrogen-bond acceptors (Lipinski definition) is 4. The van der Waals surface area contributed by atoms with Crippen LogP contribution in [-0.2, 0) is 6.54 Å². The summed E-state index contributed by atoms with van der Waals surface area (Å²) in [6.45, 7) is 0.523. The summed E-state index contributed by atoms with van der Waals surface area (Å²) in [6.07, 6.45) is 2.67. The third-order valence-corrected chi connectivity index (χ3v) is 4.56. The molecule has 0 unspecified atom stereocenters. The Balaban J connectivity index is 1.88. The lowest BCUT2D eigenvalue weighted by atomic mass is 10.1. The quantitative estimate of drug-likeness (QED) is 0.787. The predicted molar refractivity (Wildman–Crippen MR) is 98.4 cm³/mol. The van der Waals surface area contributed by atoms with Gasteiger partial charge in [0.25, 0.3) is 5.56 Å². The van der Waals surface area contributed by atoms with Crippen LogP contribution in [0, 0.1) is 0 Å². The van der Waals surface area contributed by atoms with Crippen LogP contribution in [0.5, 0.6) is 5.75 Å². The maximum absolute atomic E-state index is 12.8. The van der Waals surface area contributed by atoms with E-state index in [1.165, 1.54) is 12.1 Å². The molecule has 2 aromatic carbocycles. The first kappa shape index (κ1) is 16.1. The Morgan fingerprint density at radius 3 is 2.85 bits per heavy atom. The van der Waals surface area contributed by atoms with Crippen LogP contribution in [0.3, 0.4) is 0 Å². The molecule has 1 aliphatic heterocycles. The molecule has 0 saturated heterocycles. The van der Waals surface area contributed by atoms with Gasteiger partial charge in [-0.15, -0.1) is 0 Å². The van der Waals surface area contributed by atoms with Crippen molar-refractivity contribution in [1.29, 1.82) is 0 Å². The molecule has 1 aromatic heterocycles. The number of carbonyl (C=O) groups is 1. The Kier molecular flexibility index (Phi) is 3.80. The molecule has 130 valence electrons. The van der Waals surface area contributed by atoms with Gasteiger partial charge >= 0.3 is 5.97 Å². The first-order valence-electron chi connectivity index (χ1n) is 8.20. The summed E-state index contributed by atoms with van der Waals surface area (Å²) >= 11 is 0. The summed E-state index contributed by atoms with van der Waals surface area (Å²) in [5, 5.41) is 9.46. The Labute approximate surface area is 149 Å². The lowest BCUT2D eigenvalue weighted by Gasteiger charge is -2.07. The van der Waals surface area contributed by atoms with Gasteiger partial charge < -0.3 is 9.84 Å². The molecule has 1 N–H and O–H groups in total. The topological polar surface area (TPSA) is 81.4 Å². The number of methoxy groups -OCH3 is 1. The average Bonchev–Trinajstić information content (AvgIpc) is 3.05. The van der Waals surface area contributed by atoms with Crippen molar-refractivity contribution in [2.24, 2.45) is 0 Å². The molecule has 6 heteroatoms. The Bertz CT molecular complexity index is 1130. The van der Waals surface area contributed by atoms with E-state index < -0.39 is 5.97 Å². The van der Waals surface area contributed by atoms with E-state index >= 15 is 0 Å². The van der Waals surface area contributed by atoms with E-state index in [4.69, 9.17) is 9.84 Å². The minimum absolute atomic E-state index is 0.0831. The van der Waals surface area contributed by atoms with Crippen LogP contribution in [0.25, 0.3) is 22.6 Å². The van der Waals surface area contributed by atoms with Gasteiger partial charge in [-0.3, -0.25) is 9.36 Å². The minimum atomic E-state index is -1.06. The van der Waals surface area contributed by atoms with Crippen molar-refractivity contribution < 1.29 is 14.6 Å². The smallest absolute Gasteiger partial charge is 0.335 e. The molecule has 3 aromatic rings. The second-order valence-corrected chi connectivity index (χ2v) is 6.09. The summed E-state index contributed by atoms with van der Waals surface area (Å²) in [4.78, 5) is 28.6. The van der Waals surface area contributed by atoms with E-state index in [1.54, 1.807) is 17.7 Å². The Hall–Kier alpha value is -3.41. The van der Waals surface area contributed by atoms with Crippen LogP contribution in [0.1, 0.15) is 28.2 Å². The predicted octanol–water partition coefficient (Wildman–Crippen LogP) is 3.05. The largest absolute Gasteiger partial charge is 0.496 e. The van der Waals surface area contributed by atoms with E-state index in [1.807, 2.05) is 30.3 Å². The Morgan fingerprint density at radius 2 is 2.08 bits per heavy atom. The third-order valence-electron chi connectivity index (χ3n) is 4.56. The SMILES string of the molecule is COc1ccccc1/C=C1\CCn2c1nc1ccc(C(=O)O)cc1c2=O. The van der Waals surface area contributed by atoms with Crippen LogP contribution in [0.15, 0.2) is 47.3 Å². The van der Waals surface area contributed by atoms with Gasteiger partial charge in [0.2, 0.25) is 0 Å². The molecule has 0 aliphatic carbocycles. The highest BCUT2D eigenvalue weighted by Crippen LogP contribution is 2.30. The summed E-state index contributed by atoms with van der Waals surface area (Å²) in [5.41, 5.74) is 2.25. The number of rotatable bonds is 3. The second-order valence-electron chi connectivity index (χ2n) is 6.09. The van der Waals surface area contributed by atoms with Gasteiger partial charge in [-0.05, 0) is 42.3 Å². The van der Waals surface area contributed by atoms with Gasteiger partial charge in [0, 0.05) is 12.1 Å². The number of para-hydroxylation sites is 1. The van der Waals surface area contributed by atoms with Gasteiger partial charge in [-0.25, -0.2) is 9.78 Å².